The summed E-state index contributed by atoms with van der Waals surface area (Å²) in [6, 6.07) is 9.71. The van der Waals surface area contributed by atoms with Gasteiger partial charge in [0, 0.05) is 12.2 Å². The maximum atomic E-state index is 9.38. The van der Waals surface area contributed by atoms with Crippen molar-refractivity contribution in [1.29, 1.82) is 0 Å². The molecule has 0 aromatic heterocycles. The van der Waals surface area contributed by atoms with Gasteiger partial charge in [-0.3, -0.25) is 10.3 Å². The van der Waals surface area contributed by atoms with Crippen LogP contribution in [0.15, 0.2) is 24.3 Å². The highest BCUT2D eigenvalue weighted by atomic mass is 32.2. The Bertz CT molecular complexity index is 420. The van der Waals surface area contributed by atoms with Gasteiger partial charge >= 0.3 is 5.17 Å². The molecule has 1 aliphatic rings. The van der Waals surface area contributed by atoms with Crippen molar-refractivity contribution >= 4 is 26.0 Å². The molecule has 1 aromatic rings. The van der Waals surface area contributed by atoms with Gasteiger partial charge in [-0.2, -0.15) is 0 Å². The number of hydrogen-bond acceptors (Lipinski definition) is 3. The van der Waals surface area contributed by atoms with Gasteiger partial charge in [0.2, 0.25) is 9.04 Å². The Labute approximate surface area is 121 Å². The van der Waals surface area contributed by atoms with E-state index in [4.69, 9.17) is 0 Å². The highest BCUT2D eigenvalue weighted by Gasteiger charge is 2.11. The molecule has 0 saturated heterocycles. The van der Waals surface area contributed by atoms with Crippen molar-refractivity contribution in [2.24, 2.45) is 0 Å². The van der Waals surface area contributed by atoms with E-state index in [1.165, 1.54) is 22.7 Å². The molecule has 0 bridgehead atoms. The summed E-state index contributed by atoms with van der Waals surface area (Å²) in [5.74, 6) is 0.998. The normalized spacial score (nSPS) is 15.2. The lowest BCUT2D eigenvalue weighted by Crippen LogP contribution is -2.78. The van der Waals surface area contributed by atoms with Crippen LogP contribution in [0.1, 0.15) is 17.5 Å². The molecule has 0 fully saturated rings. The Morgan fingerprint density at radius 1 is 1.32 bits per heavy atom. The topological polar surface area (TPSA) is 46.2 Å². The molecule has 2 rings (SSSR count). The lowest BCUT2D eigenvalue weighted by atomic mass is 10.1. The molecule has 0 spiro atoms. The zero-order chi connectivity index (χ0) is 13.5. The Kier molecular flexibility index (Phi) is 5.94. The molecule has 5 heteroatoms. The van der Waals surface area contributed by atoms with Gasteiger partial charge in [0.15, 0.2) is 0 Å². The van der Waals surface area contributed by atoms with E-state index in [0.717, 1.165) is 31.3 Å². The Morgan fingerprint density at radius 3 is 2.68 bits per heavy atom. The first kappa shape index (κ1) is 14.6. The minimum absolute atomic E-state index is 0.935. The van der Waals surface area contributed by atoms with Crippen LogP contribution in [0.2, 0.25) is 12.6 Å². The van der Waals surface area contributed by atoms with Gasteiger partial charge in [0.1, 0.15) is 0 Å². The zero-order valence-electron chi connectivity index (χ0n) is 11.4. The number of rotatable bonds is 5. The smallest absolute Gasteiger partial charge is 0.304 e. The Morgan fingerprint density at radius 2 is 2.05 bits per heavy atom. The Hall–Kier alpha value is -0.783. The lowest BCUT2D eigenvalue weighted by molar-refractivity contribution is -0.460. The molecule has 0 atom stereocenters. The fraction of sp³-hybridized carbons (Fsp3) is 0.500. The number of benzene rings is 1. The average molecular weight is 294 g/mol. The monoisotopic (exact) mass is 294 g/mol. The van der Waals surface area contributed by atoms with Gasteiger partial charge in [-0.25, -0.2) is 0 Å². The number of hydrogen-bond donors (Lipinski definition) is 3. The van der Waals surface area contributed by atoms with Crippen LogP contribution in [-0.4, -0.2) is 32.1 Å². The predicted molar refractivity (Wildman–Crippen MR) is 83.5 cm³/mol. The fourth-order valence-corrected chi connectivity index (χ4v) is 3.50. The van der Waals surface area contributed by atoms with E-state index in [1.54, 1.807) is 0 Å². The van der Waals surface area contributed by atoms with Gasteiger partial charge in [-0.15, -0.1) is 0 Å². The van der Waals surface area contributed by atoms with Gasteiger partial charge in [0.05, 0.1) is 13.1 Å². The van der Waals surface area contributed by atoms with Crippen LogP contribution in [0.5, 0.6) is 0 Å². The first-order chi connectivity index (χ1) is 9.24. The van der Waals surface area contributed by atoms with Gasteiger partial charge in [-0.1, -0.05) is 24.3 Å². The predicted octanol–water partition coefficient (Wildman–Crippen LogP) is 0.506. The zero-order valence-corrected chi connectivity index (χ0v) is 13.2. The third-order valence-corrected chi connectivity index (χ3v) is 5.13. The quantitative estimate of drug-likeness (QED) is 0.693. The summed E-state index contributed by atoms with van der Waals surface area (Å²) >= 11 is 1.83. The summed E-state index contributed by atoms with van der Waals surface area (Å²) in [5, 5.41) is 4.58. The lowest BCUT2D eigenvalue weighted by Gasteiger charge is -2.08. The second-order valence-electron chi connectivity index (χ2n) is 4.88. The van der Waals surface area contributed by atoms with Crippen molar-refractivity contribution in [3.05, 3.63) is 35.4 Å². The van der Waals surface area contributed by atoms with Gasteiger partial charge < -0.3 is 4.80 Å². The first-order valence-corrected chi connectivity index (χ1v) is 9.95. The van der Waals surface area contributed by atoms with Crippen LogP contribution in [0.4, 0.5) is 0 Å². The molecule has 0 unspecified atom stereocenters. The standard InChI is InChI=1S/C14H21N2OSSi/c1-19(17)10-7-12-3-5-13(6-4-12)11-18-14-15-8-2-9-16-14/h3-6,17H,2,7-11H2,1H3,(H,15,16)/p+1. The fourth-order valence-electron chi connectivity index (χ4n) is 1.94. The van der Waals surface area contributed by atoms with Crippen molar-refractivity contribution in [2.45, 2.75) is 31.2 Å². The minimum atomic E-state index is -1.09. The molecule has 0 saturated carbocycles. The summed E-state index contributed by atoms with van der Waals surface area (Å²) in [7, 11) is -1.09. The highest BCUT2D eigenvalue weighted by molar-refractivity contribution is 8.12. The third kappa shape index (κ3) is 5.38. The third-order valence-electron chi connectivity index (χ3n) is 3.11. The van der Waals surface area contributed by atoms with E-state index < -0.39 is 9.04 Å². The molecular formula is C14H22N2OSSi+. The van der Waals surface area contributed by atoms with E-state index in [9.17, 15) is 4.80 Å². The van der Waals surface area contributed by atoms with Crippen LogP contribution in [0, 0.1) is 0 Å². The summed E-state index contributed by atoms with van der Waals surface area (Å²) in [6.45, 7) is 4.10. The molecule has 1 radical (unpaired) electrons. The highest BCUT2D eigenvalue weighted by Crippen LogP contribution is 2.14. The molecule has 0 aliphatic carbocycles. The number of aryl methyl sites for hydroxylation is 1. The van der Waals surface area contributed by atoms with Crippen molar-refractivity contribution in [3.8, 4) is 0 Å². The summed E-state index contributed by atoms with van der Waals surface area (Å²) in [4.78, 5) is 12.8. The van der Waals surface area contributed by atoms with Crippen molar-refractivity contribution in [2.75, 3.05) is 13.1 Å². The molecule has 3 nitrogen and oxygen atoms in total. The Balaban J connectivity index is 1.79. The van der Waals surface area contributed by atoms with Crippen LogP contribution in [0.3, 0.4) is 0 Å². The number of nitrogens with one attached hydrogen (secondary N) is 2. The summed E-state index contributed by atoms with van der Waals surface area (Å²) in [6.07, 6.45) is 2.19. The molecule has 1 heterocycles. The maximum absolute atomic E-state index is 9.38. The van der Waals surface area contributed by atoms with Crippen LogP contribution < -0.4 is 10.3 Å². The molecule has 0 amide bonds. The summed E-state index contributed by atoms with van der Waals surface area (Å²) in [5.41, 5.74) is 2.68. The van der Waals surface area contributed by atoms with Crippen molar-refractivity contribution < 1.29 is 9.79 Å². The molecular weight excluding hydrogens is 272 g/mol. The van der Waals surface area contributed by atoms with E-state index in [2.05, 4.69) is 34.6 Å². The van der Waals surface area contributed by atoms with Crippen molar-refractivity contribution in [1.82, 2.24) is 5.32 Å². The minimum Gasteiger partial charge on any atom is -0.432 e. The van der Waals surface area contributed by atoms with Crippen LogP contribution in [-0.2, 0) is 12.2 Å². The SMILES string of the molecule is C[Si](O)CCc1ccc(CSC2=[NH+]CCCN2)cc1. The second-order valence-corrected chi connectivity index (χ2v) is 7.83. The van der Waals surface area contributed by atoms with Crippen molar-refractivity contribution in [3.63, 3.8) is 0 Å². The van der Waals surface area contributed by atoms with Crippen LogP contribution >= 0.6 is 11.8 Å². The van der Waals surface area contributed by atoms with E-state index in [1.807, 2.05) is 18.3 Å². The largest absolute Gasteiger partial charge is 0.432 e. The molecule has 1 aromatic carbocycles. The van der Waals surface area contributed by atoms with Gasteiger partial charge in [0.25, 0.3) is 0 Å². The van der Waals surface area contributed by atoms with E-state index in [0.29, 0.717) is 0 Å². The summed E-state index contributed by atoms with van der Waals surface area (Å²) < 4.78 is 0. The van der Waals surface area contributed by atoms with Crippen LogP contribution in [0.25, 0.3) is 0 Å². The van der Waals surface area contributed by atoms with E-state index >= 15 is 0 Å². The second kappa shape index (κ2) is 7.72. The molecule has 103 valence electrons. The van der Waals surface area contributed by atoms with E-state index in [-0.39, 0.29) is 0 Å². The maximum Gasteiger partial charge on any atom is 0.304 e. The molecule has 19 heavy (non-hydrogen) atoms. The molecule has 3 N–H and O–H groups in total. The number of amidine groups is 1. The average Bonchev–Trinajstić information content (AvgIpc) is 2.45. The van der Waals surface area contributed by atoms with Gasteiger partial charge in [-0.05, 0) is 41.9 Å². The number of thioether (sulfide) groups is 1. The molecule has 1 aliphatic heterocycles. The first-order valence-electron chi connectivity index (χ1n) is 6.81.